The maximum Gasteiger partial charge on any atom is 0.227 e. The molecule has 0 aromatic heterocycles. The summed E-state index contributed by atoms with van der Waals surface area (Å²) in [5.74, 6) is -0.0117. The van der Waals surface area contributed by atoms with E-state index in [-0.39, 0.29) is 16.4 Å². The molecule has 0 unspecified atom stereocenters. The molecule has 23 heavy (non-hydrogen) atoms. The number of amides is 1. The first kappa shape index (κ1) is 16.8. The van der Waals surface area contributed by atoms with Crippen molar-refractivity contribution in [2.45, 2.75) is 49.0 Å². The van der Waals surface area contributed by atoms with Crippen LogP contribution in [-0.4, -0.2) is 42.8 Å². The van der Waals surface area contributed by atoms with E-state index in [1.165, 1.54) is 0 Å². The van der Waals surface area contributed by atoms with Gasteiger partial charge in [0.05, 0.1) is 16.9 Å². The highest BCUT2D eigenvalue weighted by molar-refractivity contribution is 7.92. The van der Waals surface area contributed by atoms with E-state index in [9.17, 15) is 13.2 Å². The monoisotopic (exact) mass is 355 g/mol. The molecule has 0 N–H and O–H groups in total. The summed E-state index contributed by atoms with van der Waals surface area (Å²) in [7, 11) is -3.08. The van der Waals surface area contributed by atoms with Crippen molar-refractivity contribution in [2.75, 3.05) is 13.1 Å². The third-order valence-corrected chi connectivity index (χ3v) is 7.83. The van der Waals surface area contributed by atoms with Crippen LogP contribution in [0.1, 0.15) is 37.7 Å². The molecule has 0 spiro atoms. The molecular formula is C17H22ClNO3S. The van der Waals surface area contributed by atoms with Gasteiger partial charge >= 0.3 is 0 Å². The Hall–Kier alpha value is -1.07. The number of carbonyl (C=O) groups is 1. The quantitative estimate of drug-likeness (QED) is 0.834. The van der Waals surface area contributed by atoms with Crippen molar-refractivity contribution in [1.82, 2.24) is 4.90 Å². The minimum absolute atomic E-state index is 0.0117. The van der Waals surface area contributed by atoms with Gasteiger partial charge < -0.3 is 4.90 Å². The van der Waals surface area contributed by atoms with Gasteiger partial charge in [-0.15, -0.1) is 0 Å². The Morgan fingerprint density at radius 2 is 1.65 bits per heavy atom. The van der Waals surface area contributed by atoms with E-state index in [2.05, 4.69) is 0 Å². The molecule has 2 aliphatic rings. The lowest BCUT2D eigenvalue weighted by molar-refractivity contribution is -0.133. The normalized spacial score (nSPS) is 20.3. The maximum absolute atomic E-state index is 12.6. The number of hydrogen-bond donors (Lipinski definition) is 0. The zero-order chi connectivity index (χ0) is 16.4. The van der Waals surface area contributed by atoms with Gasteiger partial charge in [-0.3, -0.25) is 4.79 Å². The van der Waals surface area contributed by atoms with Gasteiger partial charge in [0.2, 0.25) is 5.91 Å². The number of halogens is 1. The van der Waals surface area contributed by atoms with E-state index in [4.69, 9.17) is 11.6 Å². The van der Waals surface area contributed by atoms with Crippen LogP contribution in [0.2, 0.25) is 5.02 Å². The lowest BCUT2D eigenvalue weighted by Gasteiger charge is -2.41. The summed E-state index contributed by atoms with van der Waals surface area (Å²) in [4.78, 5) is 13.9. The lowest BCUT2D eigenvalue weighted by atomic mass is 10.0. The van der Waals surface area contributed by atoms with Crippen LogP contribution in [0.25, 0.3) is 0 Å². The molecule has 1 aromatic rings. The summed E-state index contributed by atoms with van der Waals surface area (Å²) in [5.41, 5.74) is 0.901. The largest absolute Gasteiger partial charge is 0.340 e. The van der Waals surface area contributed by atoms with Gasteiger partial charge in [0, 0.05) is 18.1 Å². The fourth-order valence-corrected chi connectivity index (χ4v) is 5.84. The van der Waals surface area contributed by atoms with Gasteiger partial charge in [0.15, 0.2) is 9.84 Å². The van der Waals surface area contributed by atoms with Crippen LogP contribution < -0.4 is 0 Å². The van der Waals surface area contributed by atoms with Gasteiger partial charge in [-0.25, -0.2) is 8.42 Å². The van der Waals surface area contributed by atoms with Crippen LogP contribution in [0.15, 0.2) is 24.3 Å². The predicted octanol–water partition coefficient (Wildman–Crippen LogP) is 2.84. The Bertz CT molecular complexity index is 660. The first-order chi connectivity index (χ1) is 11.0. The highest BCUT2D eigenvalue weighted by Gasteiger charge is 2.43. The SMILES string of the molecule is O=C(Cc1ccc(Cl)cc1)N1CC(S(=O)(=O)C2CCCCC2)C1. The maximum atomic E-state index is 12.6. The van der Waals surface area contributed by atoms with Crippen LogP contribution in [0.4, 0.5) is 0 Å². The minimum Gasteiger partial charge on any atom is -0.340 e. The van der Waals surface area contributed by atoms with E-state index in [1.807, 2.05) is 12.1 Å². The average molecular weight is 356 g/mol. The third kappa shape index (κ3) is 3.72. The molecule has 1 aliphatic heterocycles. The van der Waals surface area contributed by atoms with Crippen molar-refractivity contribution in [3.05, 3.63) is 34.9 Å². The smallest absolute Gasteiger partial charge is 0.227 e. The van der Waals surface area contributed by atoms with E-state index < -0.39 is 9.84 Å². The van der Waals surface area contributed by atoms with Crippen LogP contribution >= 0.6 is 11.6 Å². The molecule has 1 aromatic carbocycles. The highest BCUT2D eigenvalue weighted by atomic mass is 35.5. The Balaban J connectivity index is 1.53. The molecule has 1 aliphatic carbocycles. The molecule has 2 fully saturated rings. The van der Waals surface area contributed by atoms with Crippen molar-refractivity contribution in [2.24, 2.45) is 0 Å². The highest BCUT2D eigenvalue weighted by Crippen LogP contribution is 2.30. The number of carbonyl (C=O) groups excluding carboxylic acids is 1. The summed E-state index contributed by atoms with van der Waals surface area (Å²) in [6, 6.07) is 7.18. The Morgan fingerprint density at radius 1 is 1.04 bits per heavy atom. The number of benzene rings is 1. The number of hydrogen-bond acceptors (Lipinski definition) is 3. The van der Waals surface area contributed by atoms with Crippen molar-refractivity contribution in [3.63, 3.8) is 0 Å². The second kappa shape index (κ2) is 6.81. The molecule has 6 heteroatoms. The molecule has 1 heterocycles. The van der Waals surface area contributed by atoms with Crippen LogP contribution in [0.3, 0.4) is 0 Å². The van der Waals surface area contributed by atoms with Crippen molar-refractivity contribution in [1.29, 1.82) is 0 Å². The first-order valence-electron chi connectivity index (χ1n) is 8.22. The Morgan fingerprint density at radius 3 is 2.26 bits per heavy atom. The Labute approximate surface area is 142 Å². The Kier molecular flexibility index (Phi) is 4.97. The van der Waals surface area contributed by atoms with E-state index in [0.29, 0.717) is 24.5 Å². The van der Waals surface area contributed by atoms with E-state index in [1.54, 1.807) is 17.0 Å². The average Bonchev–Trinajstić information content (AvgIpc) is 2.49. The van der Waals surface area contributed by atoms with Crippen molar-refractivity contribution >= 4 is 27.3 Å². The third-order valence-electron chi connectivity index (χ3n) is 4.95. The zero-order valence-corrected chi connectivity index (χ0v) is 14.7. The molecule has 0 atom stereocenters. The predicted molar refractivity (Wildman–Crippen MR) is 91.3 cm³/mol. The van der Waals surface area contributed by atoms with Crippen LogP contribution in [0, 0.1) is 0 Å². The lowest BCUT2D eigenvalue weighted by Crippen LogP contribution is -2.59. The molecule has 0 bridgehead atoms. The topological polar surface area (TPSA) is 54.5 Å². The summed E-state index contributed by atoms with van der Waals surface area (Å²) in [6.45, 7) is 0.705. The van der Waals surface area contributed by atoms with Crippen LogP contribution in [0.5, 0.6) is 0 Å². The molecule has 3 rings (SSSR count). The molecule has 4 nitrogen and oxygen atoms in total. The molecule has 126 valence electrons. The number of sulfone groups is 1. The minimum atomic E-state index is -3.08. The van der Waals surface area contributed by atoms with Crippen molar-refractivity contribution in [3.8, 4) is 0 Å². The van der Waals surface area contributed by atoms with Gasteiger partial charge in [-0.1, -0.05) is 43.0 Å². The molecule has 1 saturated heterocycles. The molecule has 1 amide bonds. The molecule has 0 radical (unpaired) electrons. The van der Waals surface area contributed by atoms with E-state index >= 15 is 0 Å². The summed E-state index contributed by atoms with van der Waals surface area (Å²) >= 11 is 5.83. The fourth-order valence-electron chi connectivity index (χ4n) is 3.40. The second-order valence-corrected chi connectivity index (χ2v) is 9.52. The first-order valence-corrected chi connectivity index (χ1v) is 10.2. The fraction of sp³-hybridized carbons (Fsp3) is 0.588. The summed E-state index contributed by atoms with van der Waals surface area (Å²) < 4.78 is 25.2. The molecular weight excluding hydrogens is 334 g/mol. The van der Waals surface area contributed by atoms with E-state index in [0.717, 1.165) is 37.7 Å². The number of likely N-dealkylation sites (tertiary alicyclic amines) is 1. The summed E-state index contributed by atoms with van der Waals surface area (Å²) in [6.07, 6.45) is 5.04. The number of rotatable bonds is 4. The standard InChI is InChI=1S/C17H22ClNO3S/c18-14-8-6-13(7-9-14)10-17(20)19-11-16(12-19)23(21,22)15-4-2-1-3-5-15/h6-9,15-16H,1-5,10-12H2. The molecule has 1 saturated carbocycles. The zero-order valence-electron chi connectivity index (χ0n) is 13.1. The second-order valence-electron chi connectivity index (χ2n) is 6.57. The van der Waals surface area contributed by atoms with Gasteiger partial charge in [0.1, 0.15) is 0 Å². The van der Waals surface area contributed by atoms with Crippen LogP contribution in [-0.2, 0) is 21.1 Å². The summed E-state index contributed by atoms with van der Waals surface area (Å²) in [5, 5.41) is 0.0957. The van der Waals surface area contributed by atoms with Crippen molar-refractivity contribution < 1.29 is 13.2 Å². The number of nitrogens with zero attached hydrogens (tertiary/aromatic N) is 1. The van der Waals surface area contributed by atoms with Gasteiger partial charge in [-0.05, 0) is 30.5 Å². The van der Waals surface area contributed by atoms with Gasteiger partial charge in [0.25, 0.3) is 0 Å². The van der Waals surface area contributed by atoms with Gasteiger partial charge in [-0.2, -0.15) is 0 Å².